The molecule has 1 aliphatic carbocycles. The summed E-state index contributed by atoms with van der Waals surface area (Å²) in [6.07, 6.45) is 6.82. The first-order valence-corrected chi connectivity index (χ1v) is 6.60. The number of amides is 1. The molecule has 0 heterocycles. The summed E-state index contributed by atoms with van der Waals surface area (Å²) in [4.78, 5) is 12.1. The van der Waals surface area contributed by atoms with E-state index in [1.165, 1.54) is 12.8 Å². The molecule has 1 aromatic rings. The average Bonchev–Trinajstić information content (AvgIpc) is 2.68. The number of rotatable bonds is 2. The number of benzene rings is 1. The highest BCUT2D eigenvalue weighted by Crippen LogP contribution is 2.24. The zero-order valence-corrected chi connectivity index (χ0v) is 10.5. The van der Waals surface area contributed by atoms with Crippen molar-refractivity contribution in [2.75, 3.05) is 5.32 Å². The molecule has 1 aromatic carbocycles. The second-order valence-corrected chi connectivity index (χ2v) is 4.87. The molecule has 1 fully saturated rings. The third-order valence-corrected chi connectivity index (χ3v) is 3.51. The first-order valence-electron chi connectivity index (χ1n) is 6.60. The van der Waals surface area contributed by atoms with Crippen molar-refractivity contribution >= 4 is 11.6 Å². The molecule has 0 aliphatic heterocycles. The van der Waals surface area contributed by atoms with Crippen molar-refractivity contribution < 1.29 is 4.79 Å². The molecule has 0 spiro atoms. The lowest BCUT2D eigenvalue weighted by Gasteiger charge is -2.14. The minimum absolute atomic E-state index is 0.126. The first kappa shape index (κ1) is 12.6. The zero-order chi connectivity index (χ0) is 12.8. The van der Waals surface area contributed by atoms with Gasteiger partial charge in [0, 0.05) is 11.6 Å². The Kier molecular flexibility index (Phi) is 4.35. The fraction of sp³-hybridized carbons (Fsp3) is 0.467. The molecule has 94 valence electrons. The van der Waals surface area contributed by atoms with Gasteiger partial charge in [0.1, 0.15) is 0 Å². The summed E-state index contributed by atoms with van der Waals surface area (Å²) < 4.78 is 0. The number of nitriles is 1. The Labute approximate surface area is 108 Å². The summed E-state index contributed by atoms with van der Waals surface area (Å²) in [5.41, 5.74) is 1.39. The number of carbonyl (C=O) groups excluding carboxylic acids is 1. The molecule has 0 aromatic heterocycles. The van der Waals surface area contributed by atoms with Crippen molar-refractivity contribution in [3.8, 4) is 6.07 Å². The normalized spacial score (nSPS) is 16.6. The molecule has 1 N–H and O–H groups in total. The summed E-state index contributed by atoms with van der Waals surface area (Å²) in [5, 5.41) is 11.7. The van der Waals surface area contributed by atoms with Crippen molar-refractivity contribution in [2.24, 2.45) is 5.92 Å². The van der Waals surface area contributed by atoms with Crippen LogP contribution in [0.4, 0.5) is 5.69 Å². The van der Waals surface area contributed by atoms with Gasteiger partial charge in [-0.1, -0.05) is 25.7 Å². The van der Waals surface area contributed by atoms with Crippen LogP contribution in [0, 0.1) is 17.2 Å². The topological polar surface area (TPSA) is 52.9 Å². The Bertz CT molecular complexity index is 437. The van der Waals surface area contributed by atoms with Crippen LogP contribution >= 0.6 is 0 Å². The van der Waals surface area contributed by atoms with Crippen LogP contribution in [0.15, 0.2) is 24.3 Å². The van der Waals surface area contributed by atoms with E-state index in [2.05, 4.69) is 11.4 Å². The maximum absolute atomic E-state index is 12.1. The van der Waals surface area contributed by atoms with Gasteiger partial charge in [0.05, 0.1) is 11.6 Å². The van der Waals surface area contributed by atoms with E-state index >= 15 is 0 Å². The zero-order valence-electron chi connectivity index (χ0n) is 10.5. The van der Waals surface area contributed by atoms with Gasteiger partial charge in [-0.15, -0.1) is 0 Å². The highest BCUT2D eigenvalue weighted by atomic mass is 16.1. The predicted octanol–water partition coefficient (Wildman–Crippen LogP) is 3.47. The molecule has 3 nitrogen and oxygen atoms in total. The summed E-state index contributed by atoms with van der Waals surface area (Å²) in [6.45, 7) is 0. The van der Waals surface area contributed by atoms with E-state index in [1.54, 1.807) is 24.3 Å². The van der Waals surface area contributed by atoms with Crippen LogP contribution in [0.25, 0.3) is 0 Å². The van der Waals surface area contributed by atoms with Gasteiger partial charge in [0.2, 0.25) is 5.91 Å². The Morgan fingerprint density at radius 3 is 2.28 bits per heavy atom. The minimum Gasteiger partial charge on any atom is -0.326 e. The van der Waals surface area contributed by atoms with Gasteiger partial charge in [0.25, 0.3) is 0 Å². The van der Waals surface area contributed by atoms with E-state index < -0.39 is 0 Å². The predicted molar refractivity (Wildman–Crippen MR) is 71.0 cm³/mol. The summed E-state index contributed by atoms with van der Waals surface area (Å²) in [6, 6.07) is 9.09. The Hall–Kier alpha value is -1.82. The second kappa shape index (κ2) is 6.20. The van der Waals surface area contributed by atoms with Gasteiger partial charge in [-0.3, -0.25) is 4.79 Å². The SMILES string of the molecule is N#Cc1ccc(NC(=O)C2CCCCCC2)cc1. The Balaban J connectivity index is 1.95. The molecule has 1 saturated carbocycles. The summed E-state index contributed by atoms with van der Waals surface area (Å²) in [5.74, 6) is 0.282. The number of anilines is 1. The smallest absolute Gasteiger partial charge is 0.227 e. The molecule has 0 radical (unpaired) electrons. The fourth-order valence-electron chi connectivity index (χ4n) is 2.41. The highest BCUT2D eigenvalue weighted by molar-refractivity contribution is 5.92. The number of carbonyl (C=O) groups is 1. The van der Waals surface area contributed by atoms with E-state index in [4.69, 9.17) is 5.26 Å². The summed E-state index contributed by atoms with van der Waals surface area (Å²) in [7, 11) is 0. The molecule has 1 amide bonds. The third-order valence-electron chi connectivity index (χ3n) is 3.51. The lowest BCUT2D eigenvalue weighted by molar-refractivity contribution is -0.120. The monoisotopic (exact) mass is 242 g/mol. The van der Waals surface area contributed by atoms with Crippen LogP contribution in [0.5, 0.6) is 0 Å². The van der Waals surface area contributed by atoms with Crippen LogP contribution in [0.2, 0.25) is 0 Å². The van der Waals surface area contributed by atoms with Crippen LogP contribution in [-0.2, 0) is 4.79 Å². The van der Waals surface area contributed by atoms with E-state index in [1.807, 2.05) is 0 Å². The number of nitrogens with zero attached hydrogens (tertiary/aromatic N) is 1. The summed E-state index contributed by atoms with van der Waals surface area (Å²) >= 11 is 0. The number of hydrogen-bond donors (Lipinski definition) is 1. The molecule has 0 atom stereocenters. The molecule has 3 heteroatoms. The van der Waals surface area contributed by atoms with Gasteiger partial charge in [-0.2, -0.15) is 5.26 Å². The standard InChI is InChI=1S/C15H18N2O/c16-11-12-7-9-14(10-8-12)17-15(18)13-5-3-1-2-4-6-13/h7-10,13H,1-6H2,(H,17,18). The molecule has 1 aliphatic rings. The van der Waals surface area contributed by atoms with Crippen molar-refractivity contribution in [2.45, 2.75) is 38.5 Å². The lowest BCUT2D eigenvalue weighted by atomic mass is 9.99. The molecule has 0 bridgehead atoms. The van der Waals surface area contributed by atoms with Gasteiger partial charge < -0.3 is 5.32 Å². The first-order chi connectivity index (χ1) is 8.79. The van der Waals surface area contributed by atoms with Gasteiger partial charge in [-0.25, -0.2) is 0 Å². The van der Waals surface area contributed by atoms with E-state index in [9.17, 15) is 4.79 Å². The van der Waals surface area contributed by atoms with Gasteiger partial charge in [-0.05, 0) is 37.1 Å². The third kappa shape index (κ3) is 3.33. The molecule has 0 unspecified atom stereocenters. The lowest BCUT2D eigenvalue weighted by Crippen LogP contribution is -2.22. The Morgan fingerprint density at radius 2 is 1.72 bits per heavy atom. The van der Waals surface area contributed by atoms with Gasteiger partial charge >= 0.3 is 0 Å². The van der Waals surface area contributed by atoms with E-state index in [0.29, 0.717) is 5.56 Å². The quantitative estimate of drug-likeness (QED) is 0.807. The molecular weight excluding hydrogens is 224 g/mol. The van der Waals surface area contributed by atoms with Gasteiger partial charge in [0.15, 0.2) is 0 Å². The minimum atomic E-state index is 0.126. The largest absolute Gasteiger partial charge is 0.326 e. The van der Waals surface area contributed by atoms with Crippen LogP contribution in [0.1, 0.15) is 44.1 Å². The van der Waals surface area contributed by atoms with Crippen molar-refractivity contribution in [1.29, 1.82) is 5.26 Å². The maximum atomic E-state index is 12.1. The molecular formula is C15H18N2O. The van der Waals surface area contributed by atoms with Crippen molar-refractivity contribution in [3.05, 3.63) is 29.8 Å². The van der Waals surface area contributed by atoms with Crippen molar-refractivity contribution in [1.82, 2.24) is 0 Å². The molecule has 0 saturated heterocycles. The van der Waals surface area contributed by atoms with Crippen LogP contribution in [-0.4, -0.2) is 5.91 Å². The molecule has 2 rings (SSSR count). The maximum Gasteiger partial charge on any atom is 0.227 e. The van der Waals surface area contributed by atoms with Crippen molar-refractivity contribution in [3.63, 3.8) is 0 Å². The number of hydrogen-bond acceptors (Lipinski definition) is 2. The Morgan fingerprint density at radius 1 is 1.11 bits per heavy atom. The fourth-order valence-corrected chi connectivity index (χ4v) is 2.41. The average molecular weight is 242 g/mol. The highest BCUT2D eigenvalue weighted by Gasteiger charge is 2.19. The van der Waals surface area contributed by atoms with E-state index in [0.717, 1.165) is 31.4 Å². The number of nitrogens with one attached hydrogen (secondary N) is 1. The van der Waals surface area contributed by atoms with E-state index in [-0.39, 0.29) is 11.8 Å². The molecule has 18 heavy (non-hydrogen) atoms. The second-order valence-electron chi connectivity index (χ2n) is 4.87. The van der Waals surface area contributed by atoms with Crippen LogP contribution < -0.4 is 5.32 Å². The van der Waals surface area contributed by atoms with Crippen LogP contribution in [0.3, 0.4) is 0 Å².